The quantitative estimate of drug-likeness (QED) is 0.446. The third-order valence-corrected chi connectivity index (χ3v) is 5.29. The number of aromatic hydroxyl groups is 1. The van der Waals surface area contributed by atoms with E-state index in [9.17, 15) is 5.11 Å². The Morgan fingerprint density at radius 2 is 1.46 bits per heavy atom. The highest BCUT2D eigenvalue weighted by Gasteiger charge is 2.14. The maximum Gasteiger partial charge on any atom is 0.118 e. The Morgan fingerprint density at radius 3 is 2.08 bits per heavy atom. The number of phenolic OH excluding ortho intramolecular Hbond substituents is 1. The average Bonchev–Trinajstić information content (AvgIpc) is 2.49. The first-order chi connectivity index (χ1) is 11.1. The summed E-state index contributed by atoms with van der Waals surface area (Å²) >= 11 is 0. The maximum atomic E-state index is 10.1. The van der Waals surface area contributed by atoms with Gasteiger partial charge >= 0.3 is 0 Å². The van der Waals surface area contributed by atoms with E-state index in [2.05, 4.69) is 53.7 Å². The van der Waals surface area contributed by atoms with Gasteiger partial charge in [0, 0.05) is 0 Å². The first-order valence-electron chi connectivity index (χ1n) is 9.94. The highest BCUT2D eigenvalue weighted by molar-refractivity contribution is 5.36. The van der Waals surface area contributed by atoms with Crippen LogP contribution in [0.1, 0.15) is 97.6 Å². The summed E-state index contributed by atoms with van der Waals surface area (Å²) in [4.78, 5) is 0. The molecule has 0 amide bonds. The van der Waals surface area contributed by atoms with Gasteiger partial charge in [-0.15, -0.1) is 0 Å². The van der Waals surface area contributed by atoms with Crippen molar-refractivity contribution in [3.05, 3.63) is 29.3 Å². The van der Waals surface area contributed by atoms with Crippen molar-refractivity contribution in [2.45, 2.75) is 99.3 Å². The summed E-state index contributed by atoms with van der Waals surface area (Å²) in [6.45, 7) is 13.9. The fourth-order valence-corrected chi connectivity index (χ4v) is 3.07. The van der Waals surface area contributed by atoms with E-state index in [4.69, 9.17) is 0 Å². The molecule has 0 bridgehead atoms. The number of rotatable bonds is 10. The lowest BCUT2D eigenvalue weighted by molar-refractivity contribution is 0.309. The summed E-state index contributed by atoms with van der Waals surface area (Å²) < 4.78 is 0. The predicted octanol–water partition coefficient (Wildman–Crippen LogP) is 7.30. The van der Waals surface area contributed by atoms with Crippen LogP contribution in [0.15, 0.2) is 18.2 Å². The van der Waals surface area contributed by atoms with E-state index in [-0.39, 0.29) is 0 Å². The van der Waals surface area contributed by atoms with Gasteiger partial charge in [0.05, 0.1) is 0 Å². The van der Waals surface area contributed by atoms with Crippen molar-refractivity contribution in [3.8, 4) is 5.75 Å². The van der Waals surface area contributed by atoms with Gasteiger partial charge in [-0.2, -0.15) is 0 Å². The summed E-state index contributed by atoms with van der Waals surface area (Å²) in [7, 11) is 0. The van der Waals surface area contributed by atoms with E-state index in [0.717, 1.165) is 18.4 Å². The predicted molar refractivity (Wildman–Crippen MR) is 107 cm³/mol. The fraction of sp³-hybridized carbons (Fsp3) is 0.739. The van der Waals surface area contributed by atoms with Crippen molar-refractivity contribution >= 4 is 0 Å². The smallest absolute Gasteiger partial charge is 0.118 e. The molecular weight excluding hydrogens is 292 g/mol. The van der Waals surface area contributed by atoms with Crippen LogP contribution in [-0.4, -0.2) is 5.11 Å². The Hall–Kier alpha value is -0.980. The second kappa shape index (κ2) is 9.49. The van der Waals surface area contributed by atoms with Crippen molar-refractivity contribution in [3.63, 3.8) is 0 Å². The lowest BCUT2D eigenvalue weighted by atomic mass is 9.84. The fourth-order valence-electron chi connectivity index (χ4n) is 3.07. The van der Waals surface area contributed by atoms with Gasteiger partial charge in [-0.3, -0.25) is 0 Å². The van der Waals surface area contributed by atoms with Crippen LogP contribution in [0.25, 0.3) is 0 Å². The van der Waals surface area contributed by atoms with Crippen LogP contribution in [-0.2, 0) is 12.8 Å². The minimum atomic E-state index is 0.413. The maximum absolute atomic E-state index is 10.1. The number of hydrogen-bond acceptors (Lipinski definition) is 1. The Bertz CT molecular complexity index is 479. The van der Waals surface area contributed by atoms with Crippen LogP contribution in [0, 0.1) is 10.8 Å². The zero-order chi connectivity index (χ0) is 18.2. The largest absolute Gasteiger partial charge is 0.508 e. The number of benzene rings is 1. The van der Waals surface area contributed by atoms with Gasteiger partial charge in [0.2, 0.25) is 0 Å². The Labute approximate surface area is 150 Å². The van der Waals surface area contributed by atoms with Crippen molar-refractivity contribution in [1.29, 1.82) is 0 Å². The molecule has 138 valence electrons. The monoisotopic (exact) mass is 332 g/mol. The molecule has 1 rings (SSSR count). The molecule has 0 aliphatic heterocycles. The van der Waals surface area contributed by atoms with Crippen LogP contribution < -0.4 is 0 Å². The molecule has 0 fully saturated rings. The normalized spacial score (nSPS) is 12.6. The Balaban J connectivity index is 2.42. The van der Waals surface area contributed by atoms with Crippen molar-refractivity contribution in [2.75, 3.05) is 0 Å². The third kappa shape index (κ3) is 8.76. The van der Waals surface area contributed by atoms with Crippen molar-refractivity contribution in [1.82, 2.24) is 0 Å². The Kier molecular flexibility index (Phi) is 8.33. The topological polar surface area (TPSA) is 20.2 Å². The van der Waals surface area contributed by atoms with Crippen LogP contribution in [0.4, 0.5) is 0 Å². The first kappa shape index (κ1) is 21.1. The molecule has 0 heterocycles. The molecule has 0 saturated heterocycles. The molecule has 1 aromatic rings. The highest BCUT2D eigenvalue weighted by atomic mass is 16.3. The second-order valence-corrected chi connectivity index (χ2v) is 9.46. The summed E-state index contributed by atoms with van der Waals surface area (Å²) in [6.07, 6.45) is 10.9. The van der Waals surface area contributed by atoms with Gasteiger partial charge in [0.1, 0.15) is 5.75 Å². The summed E-state index contributed by atoms with van der Waals surface area (Å²) in [5.74, 6) is 0.474. The molecule has 1 heteroatoms. The number of phenols is 1. The SMILES string of the molecule is CCC(C)(C)CCCCc1ccc(O)c(CCCCC(C)(C)C)c1. The zero-order valence-corrected chi connectivity index (χ0v) is 17.0. The van der Waals surface area contributed by atoms with Crippen LogP contribution in [0.2, 0.25) is 0 Å². The molecule has 0 atom stereocenters. The summed E-state index contributed by atoms with van der Waals surface area (Å²) in [6, 6.07) is 6.22. The van der Waals surface area contributed by atoms with Gasteiger partial charge in [-0.1, -0.05) is 72.9 Å². The number of unbranched alkanes of at least 4 members (excludes halogenated alkanes) is 2. The van der Waals surface area contributed by atoms with Crippen LogP contribution in [0.5, 0.6) is 5.75 Å². The van der Waals surface area contributed by atoms with Crippen LogP contribution >= 0.6 is 0 Å². The molecule has 1 nitrogen and oxygen atoms in total. The molecule has 0 saturated carbocycles. The van der Waals surface area contributed by atoms with Gasteiger partial charge < -0.3 is 5.11 Å². The second-order valence-electron chi connectivity index (χ2n) is 9.46. The van der Waals surface area contributed by atoms with E-state index < -0.39 is 0 Å². The minimum Gasteiger partial charge on any atom is -0.508 e. The lowest BCUT2D eigenvalue weighted by Gasteiger charge is -2.22. The Morgan fingerprint density at radius 1 is 0.833 bits per heavy atom. The molecule has 0 radical (unpaired) electrons. The molecule has 0 aliphatic carbocycles. The molecule has 1 aromatic carbocycles. The van der Waals surface area contributed by atoms with Crippen molar-refractivity contribution < 1.29 is 5.11 Å². The number of hydrogen-bond donors (Lipinski definition) is 1. The third-order valence-electron chi connectivity index (χ3n) is 5.29. The van der Waals surface area contributed by atoms with Crippen LogP contribution in [0.3, 0.4) is 0 Å². The first-order valence-corrected chi connectivity index (χ1v) is 9.94. The van der Waals surface area contributed by atoms with E-state index in [0.29, 0.717) is 16.6 Å². The number of aryl methyl sites for hydroxylation is 2. The van der Waals surface area contributed by atoms with Gasteiger partial charge in [0.25, 0.3) is 0 Å². The van der Waals surface area contributed by atoms with E-state index in [1.807, 2.05) is 6.07 Å². The van der Waals surface area contributed by atoms with Gasteiger partial charge in [0.15, 0.2) is 0 Å². The summed E-state index contributed by atoms with van der Waals surface area (Å²) in [5.41, 5.74) is 3.41. The van der Waals surface area contributed by atoms with E-state index >= 15 is 0 Å². The van der Waals surface area contributed by atoms with Crippen molar-refractivity contribution in [2.24, 2.45) is 10.8 Å². The van der Waals surface area contributed by atoms with Gasteiger partial charge in [-0.05, 0) is 66.5 Å². The molecular formula is C23H40O. The van der Waals surface area contributed by atoms with E-state index in [1.54, 1.807) is 0 Å². The zero-order valence-electron chi connectivity index (χ0n) is 17.0. The minimum absolute atomic E-state index is 0.413. The summed E-state index contributed by atoms with van der Waals surface area (Å²) in [5, 5.41) is 10.1. The molecule has 24 heavy (non-hydrogen) atoms. The highest BCUT2D eigenvalue weighted by Crippen LogP contribution is 2.28. The average molecular weight is 333 g/mol. The van der Waals surface area contributed by atoms with Gasteiger partial charge in [-0.25, -0.2) is 0 Å². The molecule has 1 N–H and O–H groups in total. The lowest BCUT2D eigenvalue weighted by Crippen LogP contribution is -2.09. The van der Waals surface area contributed by atoms with E-state index in [1.165, 1.54) is 50.5 Å². The standard InChI is InChI=1S/C23H40O/c1-7-23(5,6)17-11-8-12-19-14-15-21(24)20(18-19)13-9-10-16-22(2,3)4/h14-15,18,24H,7-13,16-17H2,1-6H3. The molecule has 0 spiro atoms. The molecule has 0 aliphatic rings. The molecule has 0 aromatic heterocycles. The molecule has 0 unspecified atom stereocenters.